The van der Waals surface area contributed by atoms with E-state index in [-0.39, 0.29) is 29.0 Å². The van der Waals surface area contributed by atoms with Crippen LogP contribution in [0, 0.1) is 34.1 Å². The zero-order valence-corrected chi connectivity index (χ0v) is 13.9. The van der Waals surface area contributed by atoms with Crippen molar-refractivity contribution in [3.8, 4) is 0 Å². The predicted octanol–water partition coefficient (Wildman–Crippen LogP) is 2.72. The summed E-state index contributed by atoms with van der Waals surface area (Å²) < 4.78 is 0. The van der Waals surface area contributed by atoms with Crippen LogP contribution in [0.25, 0.3) is 0 Å². The Balaban J connectivity index is 2.36. The van der Waals surface area contributed by atoms with Crippen molar-refractivity contribution >= 4 is 28.4 Å². The molecule has 0 radical (unpaired) electrons. The molecule has 9 nitrogen and oxygen atoms in total. The normalized spacial score (nSPS) is 10.6. The molecule has 128 valence electrons. The molecule has 24 heavy (non-hydrogen) atoms. The Bertz CT molecular complexity index is 790. The molecule has 0 spiro atoms. The number of nitro groups is 2. The molecule has 2 rings (SSSR count). The Morgan fingerprint density at radius 3 is 2.50 bits per heavy atom. The lowest BCUT2D eigenvalue weighted by Crippen LogP contribution is -2.11. The molecule has 1 heterocycles. The SMILES string of the molecule is Cc1cnc(CCNc2c([N+](=O)[O-])cc(CO)c(C)c2[N+](=O)[O-])s1. The van der Waals surface area contributed by atoms with Crippen molar-refractivity contribution in [3.05, 3.63) is 53.5 Å². The van der Waals surface area contributed by atoms with Gasteiger partial charge in [0.05, 0.1) is 21.5 Å². The maximum atomic E-state index is 11.4. The quantitative estimate of drug-likeness (QED) is 0.578. The Labute approximate surface area is 141 Å². The number of benzene rings is 1. The molecule has 2 N–H and O–H groups in total. The maximum absolute atomic E-state index is 11.4. The second-order valence-electron chi connectivity index (χ2n) is 5.12. The highest BCUT2D eigenvalue weighted by Crippen LogP contribution is 2.39. The van der Waals surface area contributed by atoms with Gasteiger partial charge in [-0.1, -0.05) is 0 Å². The smallest absolute Gasteiger partial charge is 0.302 e. The van der Waals surface area contributed by atoms with Crippen LogP contribution < -0.4 is 5.32 Å². The van der Waals surface area contributed by atoms with E-state index in [4.69, 9.17) is 0 Å². The van der Waals surface area contributed by atoms with E-state index in [2.05, 4.69) is 10.3 Å². The van der Waals surface area contributed by atoms with Gasteiger partial charge in [-0.25, -0.2) is 4.98 Å². The summed E-state index contributed by atoms with van der Waals surface area (Å²) >= 11 is 1.50. The number of anilines is 1. The van der Waals surface area contributed by atoms with Gasteiger partial charge in [0.1, 0.15) is 0 Å². The van der Waals surface area contributed by atoms with Gasteiger partial charge >= 0.3 is 5.69 Å². The third-order valence-corrected chi connectivity index (χ3v) is 4.47. The first-order chi connectivity index (χ1) is 11.3. The van der Waals surface area contributed by atoms with Gasteiger partial charge < -0.3 is 10.4 Å². The Morgan fingerprint density at radius 1 is 1.29 bits per heavy atom. The number of nitrogens with one attached hydrogen (secondary N) is 1. The van der Waals surface area contributed by atoms with Crippen LogP contribution in [0.5, 0.6) is 0 Å². The van der Waals surface area contributed by atoms with Gasteiger partial charge in [-0.15, -0.1) is 11.3 Å². The van der Waals surface area contributed by atoms with Crippen LogP contribution in [0.3, 0.4) is 0 Å². The minimum atomic E-state index is -0.693. The first kappa shape index (κ1) is 17.8. The van der Waals surface area contributed by atoms with E-state index >= 15 is 0 Å². The summed E-state index contributed by atoms with van der Waals surface area (Å²) in [7, 11) is 0. The van der Waals surface area contributed by atoms with Crippen molar-refractivity contribution in [1.29, 1.82) is 0 Å². The minimum absolute atomic E-state index is 0.145. The van der Waals surface area contributed by atoms with Crippen LogP contribution in [0.4, 0.5) is 17.1 Å². The maximum Gasteiger partial charge on any atom is 0.302 e. The van der Waals surface area contributed by atoms with Gasteiger partial charge in [0, 0.05) is 35.7 Å². The van der Waals surface area contributed by atoms with Gasteiger partial charge in [-0.2, -0.15) is 0 Å². The van der Waals surface area contributed by atoms with E-state index in [0.29, 0.717) is 6.42 Å². The third-order valence-electron chi connectivity index (χ3n) is 3.50. The second-order valence-corrected chi connectivity index (χ2v) is 6.44. The van der Waals surface area contributed by atoms with E-state index in [0.717, 1.165) is 16.0 Å². The third kappa shape index (κ3) is 3.66. The highest BCUT2D eigenvalue weighted by molar-refractivity contribution is 7.11. The highest BCUT2D eigenvalue weighted by atomic mass is 32.1. The van der Waals surface area contributed by atoms with Crippen molar-refractivity contribution in [3.63, 3.8) is 0 Å². The number of aromatic nitrogens is 1. The number of hydrogen-bond acceptors (Lipinski definition) is 8. The molecule has 0 atom stereocenters. The lowest BCUT2D eigenvalue weighted by Gasteiger charge is -2.11. The second kappa shape index (κ2) is 7.32. The monoisotopic (exact) mass is 352 g/mol. The number of nitrogens with zero attached hydrogens (tertiary/aromatic N) is 3. The molecule has 2 aromatic rings. The van der Waals surface area contributed by atoms with E-state index in [1.807, 2.05) is 6.92 Å². The lowest BCUT2D eigenvalue weighted by molar-refractivity contribution is -0.392. The summed E-state index contributed by atoms with van der Waals surface area (Å²) in [6.07, 6.45) is 2.22. The zero-order valence-electron chi connectivity index (χ0n) is 13.1. The predicted molar refractivity (Wildman–Crippen MR) is 89.5 cm³/mol. The first-order valence-corrected chi connectivity index (χ1v) is 7.88. The molecule has 0 aliphatic rings. The topological polar surface area (TPSA) is 131 Å². The van der Waals surface area contributed by atoms with Crippen LogP contribution in [-0.2, 0) is 13.0 Å². The summed E-state index contributed by atoms with van der Waals surface area (Å²) in [5.74, 6) is 0. The highest BCUT2D eigenvalue weighted by Gasteiger charge is 2.29. The van der Waals surface area contributed by atoms with Gasteiger partial charge in [-0.05, 0) is 19.4 Å². The fraction of sp³-hybridized carbons (Fsp3) is 0.357. The molecule has 10 heteroatoms. The summed E-state index contributed by atoms with van der Waals surface area (Å²) in [6, 6.07) is 1.16. The number of rotatable bonds is 7. The van der Waals surface area contributed by atoms with Crippen molar-refractivity contribution in [2.45, 2.75) is 26.9 Å². The molecule has 1 aromatic heterocycles. The average Bonchev–Trinajstić information content (AvgIpc) is 2.92. The zero-order chi connectivity index (χ0) is 17.9. The molecular formula is C14H16N4O5S. The Morgan fingerprint density at radius 2 is 2.00 bits per heavy atom. The molecule has 1 aromatic carbocycles. The number of thiazole rings is 1. The standard InChI is InChI=1S/C14H16N4O5S/c1-8-6-16-12(24-8)3-4-15-13-11(17(20)21)5-10(7-19)9(2)14(13)18(22)23/h5-6,15,19H,3-4,7H2,1-2H3. The van der Waals surface area contributed by atoms with Gasteiger partial charge in [0.25, 0.3) is 5.69 Å². The lowest BCUT2D eigenvalue weighted by atomic mass is 10.0. The molecule has 0 amide bonds. The number of hydrogen-bond donors (Lipinski definition) is 2. The van der Waals surface area contributed by atoms with Crippen LogP contribution >= 0.6 is 11.3 Å². The molecule has 0 saturated heterocycles. The summed E-state index contributed by atoms with van der Waals surface area (Å²) in [4.78, 5) is 26.5. The van der Waals surface area contributed by atoms with Gasteiger partial charge in [0.15, 0.2) is 5.69 Å². The van der Waals surface area contributed by atoms with Crippen molar-refractivity contribution < 1.29 is 15.0 Å². The summed E-state index contributed by atoms with van der Waals surface area (Å²) in [5.41, 5.74) is -0.585. The first-order valence-electron chi connectivity index (χ1n) is 7.06. The van der Waals surface area contributed by atoms with Crippen LogP contribution in [0.1, 0.15) is 21.0 Å². The van der Waals surface area contributed by atoms with Gasteiger partial charge in [0.2, 0.25) is 0 Å². The minimum Gasteiger partial charge on any atom is -0.392 e. The molecule has 0 fully saturated rings. The number of aliphatic hydroxyl groups excluding tert-OH is 1. The number of aliphatic hydroxyl groups is 1. The van der Waals surface area contributed by atoms with E-state index in [1.54, 1.807) is 6.20 Å². The molecular weight excluding hydrogens is 336 g/mol. The number of aryl methyl sites for hydroxylation is 1. The molecule has 0 bridgehead atoms. The van der Waals surface area contributed by atoms with E-state index < -0.39 is 22.1 Å². The Hall–Kier alpha value is -2.59. The average molecular weight is 352 g/mol. The molecule has 0 aliphatic carbocycles. The van der Waals surface area contributed by atoms with Crippen molar-refractivity contribution in [2.24, 2.45) is 0 Å². The van der Waals surface area contributed by atoms with Crippen LogP contribution in [0.15, 0.2) is 12.3 Å². The molecule has 0 unspecified atom stereocenters. The Kier molecular flexibility index (Phi) is 5.42. The van der Waals surface area contributed by atoms with Crippen LogP contribution in [0.2, 0.25) is 0 Å². The molecule has 0 aliphatic heterocycles. The largest absolute Gasteiger partial charge is 0.392 e. The number of nitro benzene ring substituents is 2. The van der Waals surface area contributed by atoms with Crippen molar-refractivity contribution in [1.82, 2.24) is 4.98 Å². The summed E-state index contributed by atoms with van der Waals surface area (Å²) in [6.45, 7) is 3.14. The van der Waals surface area contributed by atoms with Gasteiger partial charge in [-0.3, -0.25) is 20.2 Å². The fourth-order valence-corrected chi connectivity index (χ4v) is 3.12. The summed E-state index contributed by atoms with van der Waals surface area (Å²) in [5, 5.41) is 35.6. The van der Waals surface area contributed by atoms with Crippen molar-refractivity contribution in [2.75, 3.05) is 11.9 Å². The van der Waals surface area contributed by atoms with E-state index in [1.165, 1.54) is 18.3 Å². The molecule has 0 saturated carbocycles. The van der Waals surface area contributed by atoms with E-state index in [9.17, 15) is 25.3 Å². The van der Waals surface area contributed by atoms with Crippen LogP contribution in [-0.4, -0.2) is 26.5 Å². The fourth-order valence-electron chi connectivity index (χ4n) is 2.33.